The Morgan fingerprint density at radius 3 is 2.49 bits per heavy atom. The monoisotopic (exact) mass is 495 g/mol. The van der Waals surface area contributed by atoms with Crippen LogP contribution >= 0.6 is 11.3 Å². The van der Waals surface area contributed by atoms with E-state index in [4.69, 9.17) is 9.97 Å². The Morgan fingerprint density at radius 2 is 1.71 bits per heavy atom. The number of hydrogen-bond acceptors (Lipinski definition) is 3. The Balaban J connectivity index is 1.51. The van der Waals surface area contributed by atoms with Crippen molar-refractivity contribution >= 4 is 55.7 Å². The van der Waals surface area contributed by atoms with Gasteiger partial charge in [0.05, 0.1) is 24.0 Å². The molecule has 1 fully saturated rings. The van der Waals surface area contributed by atoms with Crippen LogP contribution in [0.2, 0.25) is 19.6 Å². The van der Waals surface area contributed by atoms with Crippen LogP contribution in [-0.2, 0) is 0 Å². The molecule has 0 bridgehead atoms. The van der Waals surface area contributed by atoms with Gasteiger partial charge in [0, 0.05) is 17.0 Å². The van der Waals surface area contributed by atoms with Crippen LogP contribution in [0.1, 0.15) is 52.4 Å². The van der Waals surface area contributed by atoms with E-state index < -0.39 is 14.0 Å². The number of fused-ring (bicyclic) bond motifs is 4. The molecule has 2 aromatic heterocycles. The van der Waals surface area contributed by atoms with Crippen LogP contribution < -0.4 is 5.19 Å². The van der Waals surface area contributed by atoms with Crippen LogP contribution in [0.5, 0.6) is 0 Å². The highest BCUT2D eigenvalue weighted by molar-refractivity contribution is 7.26. The Labute approximate surface area is 214 Å². The van der Waals surface area contributed by atoms with Crippen molar-refractivity contribution in [3.63, 3.8) is 0 Å². The van der Waals surface area contributed by atoms with Crippen molar-refractivity contribution in [1.29, 1.82) is 0 Å². The van der Waals surface area contributed by atoms with Gasteiger partial charge in [-0.1, -0.05) is 81.1 Å². The second kappa shape index (κ2) is 8.24. The van der Waals surface area contributed by atoms with E-state index in [2.05, 4.69) is 88.1 Å². The van der Waals surface area contributed by atoms with E-state index in [0.29, 0.717) is 5.41 Å². The topological polar surface area (TPSA) is 25.8 Å². The first-order valence-electron chi connectivity index (χ1n) is 13.3. The summed E-state index contributed by atoms with van der Waals surface area (Å²) in [5.74, 6) is -0.487. The first-order valence-corrected chi connectivity index (χ1v) is 17.1. The van der Waals surface area contributed by atoms with Crippen LogP contribution in [0.15, 0.2) is 60.9 Å². The van der Waals surface area contributed by atoms with Gasteiger partial charge in [0.15, 0.2) is 0 Å². The molecule has 0 unspecified atom stereocenters. The molecule has 1 aliphatic carbocycles. The van der Waals surface area contributed by atoms with Crippen LogP contribution in [0, 0.1) is 5.41 Å². The summed E-state index contributed by atoms with van der Waals surface area (Å²) in [5, 5.41) is 5.29. The van der Waals surface area contributed by atoms with Gasteiger partial charge in [-0.05, 0) is 65.5 Å². The molecule has 2 heterocycles. The second-order valence-electron chi connectivity index (χ2n) is 12.0. The molecule has 0 saturated heterocycles. The zero-order valence-corrected chi connectivity index (χ0v) is 23.2. The molecule has 3 aromatic carbocycles. The number of aromatic nitrogens is 2. The third-order valence-corrected chi connectivity index (χ3v) is 11.0. The van der Waals surface area contributed by atoms with Gasteiger partial charge >= 0.3 is 0 Å². The highest BCUT2D eigenvalue weighted by atomic mass is 32.1. The minimum atomic E-state index is -1.57. The minimum Gasteiger partial charge on any atom is -0.235 e. The van der Waals surface area contributed by atoms with Gasteiger partial charge in [-0.2, -0.15) is 0 Å². The first kappa shape index (κ1) is 21.7. The van der Waals surface area contributed by atoms with Crippen molar-refractivity contribution in [3.05, 3.63) is 66.5 Å². The summed E-state index contributed by atoms with van der Waals surface area (Å²) >= 11 is 1.78. The minimum absolute atomic E-state index is 0.353. The highest BCUT2D eigenvalue weighted by Gasteiger charge is 2.28. The number of rotatable bonds is 3. The molecule has 0 amide bonds. The first-order chi connectivity index (χ1) is 17.0. The van der Waals surface area contributed by atoms with Crippen molar-refractivity contribution in [2.45, 2.75) is 65.1 Å². The molecular weight excluding hydrogens is 461 g/mol. The van der Waals surface area contributed by atoms with Crippen LogP contribution in [0.4, 0.5) is 0 Å². The van der Waals surface area contributed by atoms with E-state index in [1.807, 2.05) is 0 Å². The smallest absolute Gasteiger partial charge is 0.116 e. The lowest BCUT2D eigenvalue weighted by molar-refractivity contribution is 0.224. The summed E-state index contributed by atoms with van der Waals surface area (Å²) in [6, 6.07) is 20.1. The SMILES string of the molecule is [2H]C1(c2ccc3c(c2)sc2c(-c4cc([Si](C)(C)C)c5ccccc5c4)ncnc23)CCC(C)(C)CC1. The lowest BCUT2D eigenvalue weighted by atomic mass is 9.71. The average Bonchev–Trinajstić information content (AvgIpc) is 3.23. The van der Waals surface area contributed by atoms with E-state index in [1.54, 1.807) is 17.7 Å². The Morgan fingerprint density at radius 1 is 0.943 bits per heavy atom. The van der Waals surface area contributed by atoms with E-state index >= 15 is 0 Å². The van der Waals surface area contributed by atoms with Gasteiger partial charge in [0.2, 0.25) is 0 Å². The highest BCUT2D eigenvalue weighted by Crippen LogP contribution is 2.44. The molecule has 4 heteroatoms. The summed E-state index contributed by atoms with van der Waals surface area (Å²) in [6.45, 7) is 11.9. The lowest BCUT2D eigenvalue weighted by Gasteiger charge is -2.34. The third-order valence-electron chi connectivity index (χ3n) is 7.81. The summed E-state index contributed by atoms with van der Waals surface area (Å²) in [5.41, 5.74) is 4.73. The number of thiophene rings is 1. The predicted octanol–water partition coefficient (Wildman–Crippen LogP) is 8.89. The van der Waals surface area contributed by atoms with Gasteiger partial charge in [-0.25, -0.2) is 9.97 Å². The molecule has 5 aromatic rings. The molecule has 0 spiro atoms. The van der Waals surface area contributed by atoms with Crippen LogP contribution in [0.3, 0.4) is 0 Å². The summed E-state index contributed by atoms with van der Waals surface area (Å²) in [7, 11) is -1.57. The second-order valence-corrected chi connectivity index (χ2v) is 18.1. The zero-order chi connectivity index (χ0) is 25.3. The fourth-order valence-electron chi connectivity index (χ4n) is 5.59. The average molecular weight is 496 g/mol. The number of benzene rings is 3. The Kier molecular flexibility index (Phi) is 5.11. The maximum absolute atomic E-state index is 9.26. The number of hydrogen-bond donors (Lipinski definition) is 0. The molecule has 0 radical (unpaired) electrons. The maximum Gasteiger partial charge on any atom is 0.116 e. The molecule has 0 N–H and O–H groups in total. The van der Waals surface area contributed by atoms with E-state index in [0.717, 1.165) is 47.2 Å². The largest absolute Gasteiger partial charge is 0.235 e. The van der Waals surface area contributed by atoms with Crippen molar-refractivity contribution in [3.8, 4) is 11.3 Å². The molecule has 1 saturated carbocycles. The third kappa shape index (κ3) is 4.11. The molecule has 0 aliphatic heterocycles. The molecule has 178 valence electrons. The van der Waals surface area contributed by atoms with Crippen LogP contribution in [0.25, 0.3) is 42.3 Å². The zero-order valence-electron chi connectivity index (χ0n) is 22.4. The van der Waals surface area contributed by atoms with Gasteiger partial charge in [-0.3, -0.25) is 0 Å². The molecular formula is C31H34N2SSi. The Bertz CT molecular complexity index is 1620. The maximum atomic E-state index is 9.26. The van der Waals surface area contributed by atoms with Crippen molar-refractivity contribution in [2.24, 2.45) is 5.41 Å². The van der Waals surface area contributed by atoms with Crippen LogP contribution in [-0.4, -0.2) is 18.0 Å². The molecule has 2 nitrogen and oxygen atoms in total. The fourth-order valence-corrected chi connectivity index (χ4v) is 8.42. The van der Waals surface area contributed by atoms with Crippen molar-refractivity contribution in [1.82, 2.24) is 9.97 Å². The van der Waals surface area contributed by atoms with Crippen molar-refractivity contribution in [2.75, 3.05) is 0 Å². The van der Waals surface area contributed by atoms with E-state index in [1.165, 1.54) is 31.6 Å². The van der Waals surface area contributed by atoms with E-state index in [9.17, 15) is 1.37 Å². The lowest BCUT2D eigenvalue weighted by Crippen LogP contribution is -2.38. The van der Waals surface area contributed by atoms with Gasteiger partial charge in [0.25, 0.3) is 0 Å². The van der Waals surface area contributed by atoms with Gasteiger partial charge in [0.1, 0.15) is 6.33 Å². The normalized spacial score (nSPS) is 18.3. The van der Waals surface area contributed by atoms with Gasteiger partial charge < -0.3 is 0 Å². The summed E-state index contributed by atoms with van der Waals surface area (Å²) < 4.78 is 11.6. The fraction of sp³-hybridized carbons (Fsp3) is 0.355. The molecule has 0 atom stereocenters. The standard InChI is InChI=1S/C31H34N2SSi/c1-31(2)14-12-20(13-15-31)21-10-11-25-26(17-21)34-30-28(32-19-33-29(25)30)23-16-22-8-6-7-9-24(22)27(18-23)35(3,4)5/h6-11,16-20H,12-15H2,1-5H3/i20D. The predicted molar refractivity (Wildman–Crippen MR) is 156 cm³/mol. The summed E-state index contributed by atoms with van der Waals surface area (Å²) in [4.78, 5) is 9.55. The molecule has 6 rings (SSSR count). The Hall–Kier alpha value is -2.56. The number of nitrogens with zero attached hydrogens (tertiary/aromatic N) is 2. The quantitative estimate of drug-likeness (QED) is 0.234. The molecule has 35 heavy (non-hydrogen) atoms. The molecule has 1 aliphatic rings. The summed E-state index contributed by atoms with van der Waals surface area (Å²) in [6.07, 6.45) is 5.79. The van der Waals surface area contributed by atoms with Crippen molar-refractivity contribution < 1.29 is 1.37 Å². The van der Waals surface area contributed by atoms with E-state index in [-0.39, 0.29) is 0 Å². The van der Waals surface area contributed by atoms with Gasteiger partial charge in [-0.15, -0.1) is 11.3 Å².